The molecule has 3 N–H and O–H groups in total. The zero-order valence-corrected chi connectivity index (χ0v) is 13.7. The van der Waals surface area contributed by atoms with E-state index in [0.717, 1.165) is 24.0 Å². The third-order valence-electron chi connectivity index (χ3n) is 4.96. The van der Waals surface area contributed by atoms with E-state index < -0.39 is 11.5 Å². The van der Waals surface area contributed by atoms with E-state index in [1.165, 1.54) is 0 Å². The van der Waals surface area contributed by atoms with Crippen molar-refractivity contribution < 1.29 is 20.1 Å². The van der Waals surface area contributed by atoms with Gasteiger partial charge < -0.3 is 20.2 Å². The second-order valence-electron chi connectivity index (χ2n) is 6.53. The Morgan fingerprint density at radius 2 is 1.91 bits per heavy atom. The Bertz CT molecular complexity index is 516. The molecule has 1 aromatic rings. The molecule has 1 fully saturated rings. The predicted octanol–water partition coefficient (Wildman–Crippen LogP) is 1.09. The maximum Gasteiger partial charge on any atom is 0.227 e. The lowest BCUT2D eigenvalue weighted by Gasteiger charge is -2.44. The second kappa shape index (κ2) is 7.90. The highest BCUT2D eigenvalue weighted by Crippen LogP contribution is 2.36. The largest absolute Gasteiger partial charge is 0.396 e. The van der Waals surface area contributed by atoms with Gasteiger partial charge in [-0.2, -0.15) is 0 Å². The van der Waals surface area contributed by atoms with Gasteiger partial charge in [0, 0.05) is 18.5 Å². The summed E-state index contributed by atoms with van der Waals surface area (Å²) in [4.78, 5) is 14.1. The van der Waals surface area contributed by atoms with Crippen LogP contribution in [0, 0.1) is 5.41 Å². The van der Waals surface area contributed by atoms with Crippen molar-refractivity contribution >= 4 is 5.91 Å². The molecule has 0 spiro atoms. The van der Waals surface area contributed by atoms with Crippen LogP contribution in [0.2, 0.25) is 0 Å². The molecule has 1 aromatic carbocycles. The van der Waals surface area contributed by atoms with Crippen LogP contribution in [0.1, 0.15) is 37.3 Å². The van der Waals surface area contributed by atoms with Gasteiger partial charge in [-0.25, -0.2) is 0 Å². The molecule has 1 aliphatic rings. The summed E-state index contributed by atoms with van der Waals surface area (Å²) in [5.74, 6) is -0.0103. The smallest absolute Gasteiger partial charge is 0.227 e. The Morgan fingerprint density at radius 1 is 1.26 bits per heavy atom. The molecule has 128 valence electrons. The molecule has 1 heterocycles. The molecule has 2 atom stereocenters. The van der Waals surface area contributed by atoms with Gasteiger partial charge in [0.1, 0.15) is 0 Å². The zero-order chi connectivity index (χ0) is 16.9. The molecule has 0 unspecified atom stereocenters. The van der Waals surface area contributed by atoms with Crippen molar-refractivity contribution in [1.29, 1.82) is 0 Å². The molecule has 0 bridgehead atoms. The number of amides is 1. The molecule has 2 rings (SSSR count). The SMILES string of the molecule is CCC[C@]1(CO)CCN(C(=O)Cc2ccc(CO)cc2)C[C@@H]1O. The first-order valence-electron chi connectivity index (χ1n) is 8.30. The van der Waals surface area contributed by atoms with Crippen LogP contribution in [-0.4, -0.2) is 51.9 Å². The maximum atomic E-state index is 12.4. The highest BCUT2D eigenvalue weighted by atomic mass is 16.3. The molecule has 5 nitrogen and oxygen atoms in total. The number of β-amino-alcohol motifs (C(OH)–C–C–N with tert-alkyl or cyclic N) is 1. The molecule has 0 radical (unpaired) electrons. The zero-order valence-electron chi connectivity index (χ0n) is 13.7. The van der Waals surface area contributed by atoms with Gasteiger partial charge >= 0.3 is 0 Å². The van der Waals surface area contributed by atoms with E-state index in [-0.39, 0.29) is 25.7 Å². The number of likely N-dealkylation sites (tertiary alicyclic amines) is 1. The standard InChI is InChI=1S/C18H27NO4/c1-2-7-18(13-21)8-9-19(11-16(18)22)17(23)10-14-3-5-15(12-20)6-4-14/h3-6,16,20-22H,2,7-13H2,1H3/t16-,18+/m0/s1. The van der Waals surface area contributed by atoms with Gasteiger partial charge in [0.05, 0.1) is 25.7 Å². The van der Waals surface area contributed by atoms with E-state index in [2.05, 4.69) is 0 Å². The van der Waals surface area contributed by atoms with Gasteiger partial charge in [-0.05, 0) is 24.0 Å². The van der Waals surface area contributed by atoms with Crippen molar-refractivity contribution in [2.75, 3.05) is 19.7 Å². The number of hydrogen-bond donors (Lipinski definition) is 3. The number of aliphatic hydroxyl groups excluding tert-OH is 3. The predicted molar refractivity (Wildman–Crippen MR) is 87.7 cm³/mol. The quantitative estimate of drug-likeness (QED) is 0.733. The van der Waals surface area contributed by atoms with E-state index in [1.54, 1.807) is 4.90 Å². The van der Waals surface area contributed by atoms with Crippen molar-refractivity contribution in [2.45, 2.75) is 45.3 Å². The summed E-state index contributed by atoms with van der Waals surface area (Å²) in [6.07, 6.45) is 1.92. The van der Waals surface area contributed by atoms with Crippen molar-refractivity contribution in [3.8, 4) is 0 Å². The van der Waals surface area contributed by atoms with Gasteiger partial charge in [0.15, 0.2) is 0 Å². The number of hydrogen-bond acceptors (Lipinski definition) is 4. The first-order valence-corrected chi connectivity index (χ1v) is 8.30. The van der Waals surface area contributed by atoms with Gasteiger partial charge in [-0.1, -0.05) is 37.6 Å². The first kappa shape index (κ1) is 17.9. The Hall–Kier alpha value is -1.43. The van der Waals surface area contributed by atoms with Crippen LogP contribution in [-0.2, 0) is 17.8 Å². The highest BCUT2D eigenvalue weighted by Gasteiger charge is 2.42. The number of piperidine rings is 1. The number of benzene rings is 1. The third-order valence-corrected chi connectivity index (χ3v) is 4.96. The third kappa shape index (κ3) is 4.10. The lowest BCUT2D eigenvalue weighted by Crippen LogP contribution is -2.54. The molecule has 0 saturated carbocycles. The fourth-order valence-corrected chi connectivity index (χ4v) is 3.35. The topological polar surface area (TPSA) is 81.0 Å². The summed E-state index contributed by atoms with van der Waals surface area (Å²) in [7, 11) is 0. The Kier molecular flexibility index (Phi) is 6.16. The molecule has 23 heavy (non-hydrogen) atoms. The van der Waals surface area contributed by atoms with E-state index >= 15 is 0 Å². The van der Waals surface area contributed by atoms with Crippen molar-refractivity contribution in [3.63, 3.8) is 0 Å². The summed E-state index contributed by atoms with van der Waals surface area (Å²) >= 11 is 0. The monoisotopic (exact) mass is 321 g/mol. The average Bonchev–Trinajstić information content (AvgIpc) is 2.57. The van der Waals surface area contributed by atoms with Crippen LogP contribution in [0.15, 0.2) is 24.3 Å². The van der Waals surface area contributed by atoms with Gasteiger partial charge in [0.2, 0.25) is 5.91 Å². The summed E-state index contributed by atoms with van der Waals surface area (Å²) in [6.45, 7) is 2.86. The summed E-state index contributed by atoms with van der Waals surface area (Å²) in [6, 6.07) is 7.31. The Morgan fingerprint density at radius 3 is 2.43 bits per heavy atom. The minimum absolute atomic E-state index is 0.00673. The second-order valence-corrected chi connectivity index (χ2v) is 6.53. The maximum absolute atomic E-state index is 12.4. The molecule has 0 aliphatic carbocycles. The van der Waals surface area contributed by atoms with Crippen LogP contribution in [0.5, 0.6) is 0 Å². The van der Waals surface area contributed by atoms with Crippen LogP contribution < -0.4 is 0 Å². The number of carbonyl (C=O) groups is 1. The Balaban J connectivity index is 1.96. The average molecular weight is 321 g/mol. The number of aliphatic hydroxyl groups is 3. The minimum atomic E-state index is -0.679. The molecule has 1 aliphatic heterocycles. The van der Waals surface area contributed by atoms with E-state index in [4.69, 9.17) is 5.11 Å². The van der Waals surface area contributed by atoms with Crippen LogP contribution >= 0.6 is 0 Å². The van der Waals surface area contributed by atoms with Crippen molar-refractivity contribution in [1.82, 2.24) is 4.90 Å². The molecule has 1 saturated heterocycles. The van der Waals surface area contributed by atoms with Crippen molar-refractivity contribution in [2.24, 2.45) is 5.41 Å². The van der Waals surface area contributed by atoms with Gasteiger partial charge in [-0.15, -0.1) is 0 Å². The van der Waals surface area contributed by atoms with Gasteiger partial charge in [0.25, 0.3) is 0 Å². The lowest BCUT2D eigenvalue weighted by atomic mass is 9.73. The summed E-state index contributed by atoms with van der Waals surface area (Å²) in [5, 5.41) is 29.1. The number of carbonyl (C=O) groups excluding carboxylic acids is 1. The van der Waals surface area contributed by atoms with Gasteiger partial charge in [-0.3, -0.25) is 4.79 Å². The summed E-state index contributed by atoms with van der Waals surface area (Å²) < 4.78 is 0. The molecular weight excluding hydrogens is 294 g/mol. The molecule has 0 aromatic heterocycles. The fourth-order valence-electron chi connectivity index (χ4n) is 3.35. The minimum Gasteiger partial charge on any atom is -0.396 e. The fraction of sp³-hybridized carbons (Fsp3) is 0.611. The van der Waals surface area contributed by atoms with E-state index in [1.807, 2.05) is 31.2 Å². The highest BCUT2D eigenvalue weighted by molar-refractivity contribution is 5.79. The Labute approximate surface area is 137 Å². The van der Waals surface area contributed by atoms with E-state index in [9.17, 15) is 15.0 Å². The number of nitrogens with zero attached hydrogens (tertiary/aromatic N) is 1. The summed E-state index contributed by atoms with van der Waals surface area (Å²) in [5.41, 5.74) is 1.25. The van der Waals surface area contributed by atoms with Crippen LogP contribution in [0.4, 0.5) is 0 Å². The van der Waals surface area contributed by atoms with Crippen LogP contribution in [0.25, 0.3) is 0 Å². The first-order chi connectivity index (χ1) is 11.0. The molecular formula is C18H27NO4. The lowest BCUT2D eigenvalue weighted by molar-refractivity contribution is -0.141. The van der Waals surface area contributed by atoms with E-state index in [0.29, 0.717) is 19.4 Å². The molecule has 1 amide bonds. The number of rotatable bonds is 6. The molecule has 5 heteroatoms. The normalized spacial score (nSPS) is 24.7. The van der Waals surface area contributed by atoms with Crippen LogP contribution in [0.3, 0.4) is 0 Å². The van der Waals surface area contributed by atoms with Crippen molar-refractivity contribution in [3.05, 3.63) is 35.4 Å².